The third kappa shape index (κ3) is 5.33. The number of rotatable bonds is 5. The van der Waals surface area contributed by atoms with Crippen LogP contribution >= 0.6 is 0 Å². The molecule has 0 amide bonds. The van der Waals surface area contributed by atoms with Gasteiger partial charge in [0, 0.05) is 13.1 Å². The fourth-order valence-corrected chi connectivity index (χ4v) is 1.31. The number of hydrogen-bond acceptors (Lipinski definition) is 2. The predicted molar refractivity (Wildman–Crippen MR) is 55.1 cm³/mol. The third-order valence-corrected chi connectivity index (χ3v) is 1.79. The van der Waals surface area contributed by atoms with Gasteiger partial charge in [-0.25, -0.2) is 0 Å². The lowest BCUT2D eigenvalue weighted by molar-refractivity contribution is 0.228. The molecule has 12 heavy (non-hydrogen) atoms. The zero-order valence-electron chi connectivity index (χ0n) is 8.85. The van der Waals surface area contributed by atoms with E-state index in [4.69, 9.17) is 5.73 Å². The van der Waals surface area contributed by atoms with Crippen molar-refractivity contribution in [3.8, 4) is 0 Å². The van der Waals surface area contributed by atoms with Crippen molar-refractivity contribution in [1.29, 1.82) is 0 Å². The zero-order valence-corrected chi connectivity index (χ0v) is 8.85. The lowest BCUT2D eigenvalue weighted by Crippen LogP contribution is -2.37. The second-order valence-electron chi connectivity index (χ2n) is 4.50. The fraction of sp³-hybridized carbons (Fsp3) is 0.800. The minimum absolute atomic E-state index is 0.212. The van der Waals surface area contributed by atoms with Gasteiger partial charge >= 0.3 is 0 Å². The number of hydrogen-bond donors (Lipinski definition) is 1. The molecule has 0 aromatic heterocycles. The minimum Gasteiger partial charge on any atom is -0.330 e. The summed E-state index contributed by atoms with van der Waals surface area (Å²) < 4.78 is 0. The maximum absolute atomic E-state index is 5.64. The molecule has 0 radical (unpaired) electrons. The molecule has 0 aromatic carbocycles. The number of likely N-dealkylation sites (N-methyl/N-ethyl adjacent to an activating group) is 1. The van der Waals surface area contributed by atoms with Gasteiger partial charge in [0.05, 0.1) is 0 Å². The van der Waals surface area contributed by atoms with E-state index in [2.05, 4.69) is 32.4 Å². The molecule has 0 bridgehead atoms. The molecular weight excluding hydrogens is 148 g/mol. The molecule has 0 aliphatic rings. The average Bonchev–Trinajstić information content (AvgIpc) is 1.84. The number of nitrogens with two attached hydrogens (primary N) is 1. The SMILES string of the molecule is C=C(C)CN(C)CC(C)(C)CN. The summed E-state index contributed by atoms with van der Waals surface area (Å²) in [5.41, 5.74) is 7.05. The first-order chi connectivity index (χ1) is 5.37. The Bertz CT molecular complexity index is 150. The second-order valence-corrected chi connectivity index (χ2v) is 4.50. The lowest BCUT2D eigenvalue weighted by atomic mass is 9.93. The maximum atomic E-state index is 5.64. The molecule has 0 saturated carbocycles. The van der Waals surface area contributed by atoms with Crippen LogP contribution in [0.4, 0.5) is 0 Å². The van der Waals surface area contributed by atoms with Crippen LogP contribution in [0.25, 0.3) is 0 Å². The van der Waals surface area contributed by atoms with Crippen molar-refractivity contribution < 1.29 is 0 Å². The quantitative estimate of drug-likeness (QED) is 0.633. The van der Waals surface area contributed by atoms with Crippen molar-refractivity contribution in [2.24, 2.45) is 11.1 Å². The van der Waals surface area contributed by atoms with Gasteiger partial charge in [0.25, 0.3) is 0 Å². The Morgan fingerprint density at radius 2 is 2.00 bits per heavy atom. The van der Waals surface area contributed by atoms with E-state index in [-0.39, 0.29) is 5.41 Å². The molecule has 72 valence electrons. The summed E-state index contributed by atoms with van der Waals surface area (Å²) in [6, 6.07) is 0. The molecule has 2 heteroatoms. The molecule has 0 unspecified atom stereocenters. The molecule has 2 N–H and O–H groups in total. The highest BCUT2D eigenvalue weighted by Gasteiger charge is 2.17. The summed E-state index contributed by atoms with van der Waals surface area (Å²) in [6.45, 7) is 13.0. The van der Waals surface area contributed by atoms with Crippen LogP contribution < -0.4 is 5.73 Å². The molecule has 2 nitrogen and oxygen atoms in total. The molecule has 0 spiro atoms. The fourth-order valence-electron chi connectivity index (χ4n) is 1.31. The van der Waals surface area contributed by atoms with Gasteiger partial charge in [-0.1, -0.05) is 26.0 Å². The Morgan fingerprint density at radius 3 is 2.33 bits per heavy atom. The average molecular weight is 170 g/mol. The zero-order chi connectivity index (χ0) is 9.78. The number of nitrogens with zero attached hydrogens (tertiary/aromatic N) is 1. The van der Waals surface area contributed by atoms with Gasteiger partial charge in [-0.15, -0.1) is 0 Å². The lowest BCUT2D eigenvalue weighted by Gasteiger charge is -2.28. The van der Waals surface area contributed by atoms with E-state index in [1.807, 2.05) is 6.92 Å². The molecule has 0 atom stereocenters. The van der Waals surface area contributed by atoms with Crippen LogP contribution in [0.3, 0.4) is 0 Å². The van der Waals surface area contributed by atoms with Crippen molar-refractivity contribution in [3.05, 3.63) is 12.2 Å². The Morgan fingerprint density at radius 1 is 1.50 bits per heavy atom. The van der Waals surface area contributed by atoms with Crippen LogP contribution in [-0.2, 0) is 0 Å². The van der Waals surface area contributed by atoms with E-state index in [0.29, 0.717) is 0 Å². The molecule has 0 aliphatic carbocycles. The smallest absolute Gasteiger partial charge is 0.0184 e. The summed E-state index contributed by atoms with van der Waals surface area (Å²) in [7, 11) is 2.10. The first-order valence-corrected chi connectivity index (χ1v) is 4.40. The van der Waals surface area contributed by atoms with E-state index >= 15 is 0 Å². The summed E-state index contributed by atoms with van der Waals surface area (Å²) in [6.07, 6.45) is 0. The van der Waals surface area contributed by atoms with E-state index < -0.39 is 0 Å². The van der Waals surface area contributed by atoms with Crippen molar-refractivity contribution in [2.75, 3.05) is 26.7 Å². The summed E-state index contributed by atoms with van der Waals surface area (Å²) in [5.74, 6) is 0. The monoisotopic (exact) mass is 170 g/mol. The topological polar surface area (TPSA) is 29.3 Å². The van der Waals surface area contributed by atoms with Crippen LogP contribution in [0.2, 0.25) is 0 Å². The highest BCUT2D eigenvalue weighted by molar-refractivity contribution is 4.92. The van der Waals surface area contributed by atoms with Gasteiger partial charge in [-0.3, -0.25) is 0 Å². The molecule has 0 aromatic rings. The van der Waals surface area contributed by atoms with Gasteiger partial charge in [-0.2, -0.15) is 0 Å². The van der Waals surface area contributed by atoms with E-state index in [9.17, 15) is 0 Å². The van der Waals surface area contributed by atoms with Gasteiger partial charge in [0.2, 0.25) is 0 Å². The van der Waals surface area contributed by atoms with Crippen LogP contribution in [0.1, 0.15) is 20.8 Å². The van der Waals surface area contributed by atoms with E-state index in [1.54, 1.807) is 0 Å². The first kappa shape index (κ1) is 11.7. The molecule has 0 rings (SSSR count). The maximum Gasteiger partial charge on any atom is 0.0184 e. The Balaban J connectivity index is 3.83. The van der Waals surface area contributed by atoms with E-state index in [0.717, 1.165) is 19.6 Å². The molecule has 0 fully saturated rings. The van der Waals surface area contributed by atoms with Crippen LogP contribution in [0, 0.1) is 5.41 Å². The molecule has 0 heterocycles. The van der Waals surface area contributed by atoms with Gasteiger partial charge in [0.15, 0.2) is 0 Å². The molecule has 0 saturated heterocycles. The van der Waals surface area contributed by atoms with Gasteiger partial charge < -0.3 is 10.6 Å². The summed E-state index contributed by atoms with van der Waals surface area (Å²) in [5, 5.41) is 0. The minimum atomic E-state index is 0.212. The Kier molecular flexibility index (Phi) is 4.50. The summed E-state index contributed by atoms with van der Waals surface area (Å²) in [4.78, 5) is 2.26. The van der Waals surface area contributed by atoms with E-state index in [1.165, 1.54) is 5.57 Å². The van der Waals surface area contributed by atoms with Crippen LogP contribution in [-0.4, -0.2) is 31.6 Å². The standard InChI is InChI=1S/C10H22N2/c1-9(2)6-12(5)8-10(3,4)7-11/h1,6-8,11H2,2-5H3. The van der Waals surface area contributed by atoms with Crippen LogP contribution in [0.5, 0.6) is 0 Å². The van der Waals surface area contributed by atoms with Crippen molar-refractivity contribution >= 4 is 0 Å². The highest BCUT2D eigenvalue weighted by Crippen LogP contribution is 2.14. The van der Waals surface area contributed by atoms with Crippen molar-refractivity contribution in [2.45, 2.75) is 20.8 Å². The normalized spacial score (nSPS) is 12.2. The van der Waals surface area contributed by atoms with Gasteiger partial charge in [0.1, 0.15) is 0 Å². The van der Waals surface area contributed by atoms with Crippen LogP contribution in [0.15, 0.2) is 12.2 Å². The second kappa shape index (κ2) is 4.63. The van der Waals surface area contributed by atoms with Gasteiger partial charge in [-0.05, 0) is 25.9 Å². The molecule has 0 aliphatic heterocycles. The van der Waals surface area contributed by atoms with Crippen molar-refractivity contribution in [3.63, 3.8) is 0 Å². The largest absolute Gasteiger partial charge is 0.330 e. The third-order valence-electron chi connectivity index (χ3n) is 1.79. The molecular formula is C10H22N2. The Labute approximate surface area is 76.4 Å². The Hall–Kier alpha value is -0.340. The predicted octanol–water partition coefficient (Wildman–Crippen LogP) is 1.48. The highest BCUT2D eigenvalue weighted by atomic mass is 15.1. The first-order valence-electron chi connectivity index (χ1n) is 4.40. The van der Waals surface area contributed by atoms with Crippen molar-refractivity contribution in [1.82, 2.24) is 4.90 Å². The summed E-state index contributed by atoms with van der Waals surface area (Å²) >= 11 is 0.